The highest BCUT2D eigenvalue weighted by atomic mass is 19.1. The molecule has 10 heteroatoms. The monoisotopic (exact) mass is 490 g/mol. The molecular weight excluding hydrogens is 463 g/mol. The van der Waals surface area contributed by atoms with Gasteiger partial charge < -0.3 is 14.5 Å². The van der Waals surface area contributed by atoms with Gasteiger partial charge in [-0.3, -0.25) is 9.69 Å². The van der Waals surface area contributed by atoms with E-state index in [0.717, 1.165) is 49.7 Å². The summed E-state index contributed by atoms with van der Waals surface area (Å²) in [5, 5.41) is 13.4. The molecule has 0 aliphatic carbocycles. The molecule has 1 unspecified atom stereocenters. The Balaban J connectivity index is 1.45. The summed E-state index contributed by atoms with van der Waals surface area (Å²) in [4.78, 5) is 18.8. The predicted octanol–water partition coefficient (Wildman–Crippen LogP) is 3.44. The molecule has 6 rings (SSSR count). The first-order valence-electron chi connectivity index (χ1n) is 12.4. The molecule has 2 aliphatic rings. The van der Waals surface area contributed by atoms with Crippen LogP contribution >= 0.6 is 0 Å². The largest absolute Gasteiger partial charge is 0.486 e. The summed E-state index contributed by atoms with van der Waals surface area (Å²) < 4.78 is 26.6. The minimum atomic E-state index is -0.431. The van der Waals surface area contributed by atoms with E-state index >= 15 is 0 Å². The fourth-order valence-corrected chi connectivity index (χ4v) is 5.10. The van der Waals surface area contributed by atoms with E-state index in [9.17, 15) is 9.18 Å². The Morgan fingerprint density at radius 2 is 1.69 bits per heavy atom. The van der Waals surface area contributed by atoms with Crippen LogP contribution in [-0.2, 0) is 6.54 Å². The Morgan fingerprint density at radius 3 is 2.44 bits per heavy atom. The van der Waals surface area contributed by atoms with Crippen molar-refractivity contribution in [2.75, 3.05) is 26.3 Å². The lowest BCUT2D eigenvalue weighted by atomic mass is 10.0. The number of fused-ring (bicyclic) bond motifs is 2. The SMILES string of the molecule is O=c1[nH]c2cc3c(cc2cc1C(c1nnnn1Cc1ccc(F)cc1)N1CCCCCC1)OCCO3. The van der Waals surface area contributed by atoms with Crippen LogP contribution in [0.3, 0.4) is 0 Å². The van der Waals surface area contributed by atoms with Crippen molar-refractivity contribution in [2.24, 2.45) is 0 Å². The van der Waals surface area contributed by atoms with Crippen LogP contribution < -0.4 is 15.0 Å². The first kappa shape index (κ1) is 22.7. The van der Waals surface area contributed by atoms with E-state index in [-0.39, 0.29) is 11.4 Å². The molecule has 0 radical (unpaired) electrons. The summed E-state index contributed by atoms with van der Waals surface area (Å²) in [6, 6.07) is 11.5. The maximum atomic E-state index is 13.5. The van der Waals surface area contributed by atoms with Gasteiger partial charge in [-0.05, 0) is 66.2 Å². The van der Waals surface area contributed by atoms with Crippen molar-refractivity contribution in [3.63, 3.8) is 0 Å². The number of H-pyrrole nitrogens is 1. The van der Waals surface area contributed by atoms with Crippen molar-refractivity contribution in [2.45, 2.75) is 38.3 Å². The van der Waals surface area contributed by atoms with Crippen molar-refractivity contribution < 1.29 is 13.9 Å². The maximum absolute atomic E-state index is 13.5. The van der Waals surface area contributed by atoms with Gasteiger partial charge in [0.25, 0.3) is 5.56 Å². The van der Waals surface area contributed by atoms with Crippen LogP contribution in [0.1, 0.15) is 48.7 Å². The number of benzene rings is 2. The molecule has 4 aromatic rings. The van der Waals surface area contributed by atoms with E-state index in [1.54, 1.807) is 16.8 Å². The van der Waals surface area contributed by atoms with Crippen molar-refractivity contribution in [1.29, 1.82) is 0 Å². The second-order valence-electron chi connectivity index (χ2n) is 9.31. The summed E-state index contributed by atoms with van der Waals surface area (Å²) in [6.07, 6.45) is 4.39. The van der Waals surface area contributed by atoms with Crippen molar-refractivity contribution in [3.05, 3.63) is 75.6 Å². The second kappa shape index (κ2) is 9.69. The number of ether oxygens (including phenoxy) is 2. The summed E-state index contributed by atoms with van der Waals surface area (Å²) in [5.74, 6) is 1.59. The lowest BCUT2D eigenvalue weighted by molar-refractivity contribution is 0.172. The van der Waals surface area contributed by atoms with Crippen LogP contribution in [0, 0.1) is 5.82 Å². The molecule has 36 heavy (non-hydrogen) atoms. The van der Waals surface area contributed by atoms with Crippen LogP contribution in [0.2, 0.25) is 0 Å². The molecule has 1 N–H and O–H groups in total. The van der Waals surface area contributed by atoms with E-state index in [1.807, 2.05) is 18.2 Å². The molecule has 0 spiro atoms. The Morgan fingerprint density at radius 1 is 0.972 bits per heavy atom. The fraction of sp³-hybridized carbons (Fsp3) is 0.385. The molecule has 2 aromatic heterocycles. The Hall–Kier alpha value is -3.79. The van der Waals surface area contributed by atoms with Gasteiger partial charge in [-0.1, -0.05) is 25.0 Å². The highest BCUT2D eigenvalue weighted by Gasteiger charge is 2.31. The topological polar surface area (TPSA) is 98.2 Å². The number of aromatic nitrogens is 5. The average molecular weight is 491 g/mol. The van der Waals surface area contributed by atoms with E-state index in [4.69, 9.17) is 9.47 Å². The standard InChI is InChI=1S/C26H27FN6O3/c27-19-7-5-17(6-8-19)16-33-25(29-30-31-33)24(32-9-3-1-2-4-10-32)20-13-18-14-22-23(36-12-11-35-22)15-21(18)28-26(20)34/h5-8,13-15,24H,1-4,9-12,16H2,(H,28,34). The molecule has 1 atom stereocenters. The van der Waals surface area contributed by atoms with Gasteiger partial charge in [-0.15, -0.1) is 5.10 Å². The predicted molar refractivity (Wildman–Crippen MR) is 131 cm³/mol. The summed E-state index contributed by atoms with van der Waals surface area (Å²) in [7, 11) is 0. The molecule has 0 saturated carbocycles. The van der Waals surface area contributed by atoms with Gasteiger partial charge in [0.1, 0.15) is 25.1 Å². The summed E-state index contributed by atoms with van der Waals surface area (Å²) in [5.41, 5.74) is 1.95. The minimum Gasteiger partial charge on any atom is -0.486 e. The average Bonchev–Trinajstić information content (AvgIpc) is 3.16. The molecule has 4 heterocycles. The molecule has 9 nitrogen and oxygen atoms in total. The van der Waals surface area contributed by atoms with Gasteiger partial charge in [0.15, 0.2) is 17.3 Å². The number of nitrogens with one attached hydrogen (secondary N) is 1. The van der Waals surface area contributed by atoms with E-state index in [1.165, 1.54) is 12.1 Å². The molecule has 1 saturated heterocycles. The maximum Gasteiger partial charge on any atom is 0.253 e. The smallest absolute Gasteiger partial charge is 0.253 e. The van der Waals surface area contributed by atoms with Crippen molar-refractivity contribution in [1.82, 2.24) is 30.1 Å². The van der Waals surface area contributed by atoms with E-state index in [2.05, 4.69) is 25.4 Å². The molecule has 0 amide bonds. The van der Waals surface area contributed by atoms with Crippen LogP contribution in [-0.4, -0.2) is 56.4 Å². The van der Waals surface area contributed by atoms with E-state index < -0.39 is 6.04 Å². The van der Waals surface area contributed by atoms with Crippen LogP contribution in [0.4, 0.5) is 4.39 Å². The molecule has 2 aliphatic heterocycles. The number of pyridine rings is 1. The Bertz CT molecular complexity index is 1430. The Kier molecular flexibility index (Phi) is 6.10. The number of aromatic amines is 1. The van der Waals surface area contributed by atoms with Crippen molar-refractivity contribution in [3.8, 4) is 11.5 Å². The number of hydrogen-bond acceptors (Lipinski definition) is 7. The van der Waals surface area contributed by atoms with Gasteiger partial charge in [-0.25, -0.2) is 9.07 Å². The van der Waals surface area contributed by atoms with Crippen molar-refractivity contribution >= 4 is 10.9 Å². The molecule has 186 valence electrons. The Labute approximate surface area is 206 Å². The normalized spacial score (nSPS) is 17.1. The highest BCUT2D eigenvalue weighted by molar-refractivity contribution is 5.83. The van der Waals surface area contributed by atoms with E-state index in [0.29, 0.717) is 48.2 Å². The highest BCUT2D eigenvalue weighted by Crippen LogP contribution is 2.35. The number of tetrazole rings is 1. The van der Waals surface area contributed by atoms with Gasteiger partial charge in [0.2, 0.25) is 0 Å². The zero-order chi connectivity index (χ0) is 24.5. The quantitative estimate of drug-likeness (QED) is 0.458. The number of rotatable bonds is 5. The number of hydrogen-bond donors (Lipinski definition) is 1. The fourth-order valence-electron chi connectivity index (χ4n) is 5.10. The molecule has 0 bridgehead atoms. The number of nitrogens with zero attached hydrogens (tertiary/aromatic N) is 5. The zero-order valence-electron chi connectivity index (χ0n) is 19.8. The first-order chi connectivity index (χ1) is 17.7. The van der Waals surface area contributed by atoms with Crippen LogP contribution in [0.25, 0.3) is 10.9 Å². The summed E-state index contributed by atoms with van der Waals surface area (Å²) >= 11 is 0. The number of likely N-dealkylation sites (tertiary alicyclic amines) is 1. The zero-order valence-corrected chi connectivity index (χ0v) is 19.8. The van der Waals surface area contributed by atoms with Crippen LogP contribution in [0.5, 0.6) is 11.5 Å². The first-order valence-corrected chi connectivity index (χ1v) is 12.4. The van der Waals surface area contributed by atoms with Crippen LogP contribution in [0.15, 0.2) is 47.3 Å². The molecule has 1 fully saturated rings. The molecular formula is C26H27FN6O3. The molecule has 2 aromatic carbocycles. The minimum absolute atomic E-state index is 0.190. The van der Waals surface area contributed by atoms with Gasteiger partial charge in [-0.2, -0.15) is 0 Å². The van der Waals surface area contributed by atoms with Gasteiger partial charge in [0.05, 0.1) is 12.1 Å². The third-order valence-corrected chi connectivity index (χ3v) is 6.89. The van der Waals surface area contributed by atoms with Gasteiger partial charge in [0, 0.05) is 17.0 Å². The third-order valence-electron chi connectivity index (χ3n) is 6.89. The lowest BCUT2D eigenvalue weighted by Crippen LogP contribution is -2.36. The third kappa shape index (κ3) is 4.44. The lowest BCUT2D eigenvalue weighted by Gasteiger charge is -2.29. The van der Waals surface area contributed by atoms with Gasteiger partial charge >= 0.3 is 0 Å². The second-order valence-corrected chi connectivity index (χ2v) is 9.31. The summed E-state index contributed by atoms with van der Waals surface area (Å²) in [6.45, 7) is 3.02. The number of halogens is 1.